The van der Waals surface area contributed by atoms with Gasteiger partial charge < -0.3 is 20.1 Å². The van der Waals surface area contributed by atoms with Gasteiger partial charge in [-0.15, -0.1) is 0 Å². The summed E-state index contributed by atoms with van der Waals surface area (Å²) in [7, 11) is 0. The van der Waals surface area contributed by atoms with Crippen molar-refractivity contribution >= 4 is 11.8 Å². The first kappa shape index (κ1) is 15.8. The van der Waals surface area contributed by atoms with Crippen LogP contribution in [0.1, 0.15) is 21.0 Å². The number of pyridine rings is 1. The van der Waals surface area contributed by atoms with Crippen molar-refractivity contribution in [3.05, 3.63) is 53.9 Å². The highest BCUT2D eigenvalue weighted by Crippen LogP contribution is 2.26. The van der Waals surface area contributed by atoms with Gasteiger partial charge in [-0.2, -0.15) is 0 Å². The molecule has 124 valence electrons. The Bertz CT molecular complexity index is 690. The lowest BCUT2D eigenvalue weighted by molar-refractivity contribution is 0.0939. The number of benzene rings is 1. The van der Waals surface area contributed by atoms with Crippen molar-refractivity contribution in [3.63, 3.8) is 0 Å². The van der Waals surface area contributed by atoms with E-state index in [1.165, 1.54) is 0 Å². The summed E-state index contributed by atoms with van der Waals surface area (Å²) < 4.78 is 11.3. The Kier molecular flexibility index (Phi) is 4.90. The van der Waals surface area contributed by atoms with E-state index >= 15 is 0 Å². The molecule has 0 radical (unpaired) electrons. The largest absolute Gasteiger partial charge is 0.488 e. The molecule has 3 rings (SSSR count). The number of nitrogens with zero attached hydrogens (tertiary/aromatic N) is 1. The minimum Gasteiger partial charge on any atom is -0.488 e. The van der Waals surface area contributed by atoms with E-state index in [1.54, 1.807) is 30.3 Å². The van der Waals surface area contributed by atoms with Crippen LogP contribution in [0.2, 0.25) is 0 Å². The van der Waals surface area contributed by atoms with Gasteiger partial charge in [0.1, 0.15) is 24.6 Å². The van der Waals surface area contributed by atoms with Crippen molar-refractivity contribution in [3.8, 4) is 11.5 Å². The van der Waals surface area contributed by atoms with Crippen molar-refractivity contribution in [1.29, 1.82) is 0 Å². The van der Waals surface area contributed by atoms with Crippen LogP contribution in [0.5, 0.6) is 11.5 Å². The lowest BCUT2D eigenvalue weighted by Gasteiger charge is -2.12. The van der Waals surface area contributed by atoms with Crippen LogP contribution in [0.4, 0.5) is 0 Å². The number of carbonyl (C=O) groups excluding carboxylic acids is 2. The van der Waals surface area contributed by atoms with Gasteiger partial charge in [0.15, 0.2) is 11.5 Å². The third-order valence-corrected chi connectivity index (χ3v) is 3.35. The predicted octanol–water partition coefficient (Wildman–Crippen LogP) is 1.01. The van der Waals surface area contributed by atoms with Crippen LogP contribution in [0.25, 0.3) is 0 Å². The summed E-state index contributed by atoms with van der Waals surface area (Å²) in [5, 5.41) is 5.42. The van der Waals surface area contributed by atoms with Crippen LogP contribution in [-0.4, -0.2) is 43.1 Å². The number of hydrogen-bond acceptors (Lipinski definition) is 5. The summed E-state index contributed by atoms with van der Waals surface area (Å²) in [4.78, 5) is 28.2. The molecule has 0 atom stereocenters. The molecule has 0 saturated heterocycles. The van der Waals surface area contributed by atoms with Gasteiger partial charge in [-0.3, -0.25) is 9.59 Å². The fourth-order valence-electron chi connectivity index (χ4n) is 2.21. The molecule has 1 aromatic heterocycles. The quantitative estimate of drug-likeness (QED) is 0.754. The van der Waals surface area contributed by atoms with E-state index < -0.39 is 0 Å². The average molecular weight is 327 g/mol. The van der Waals surface area contributed by atoms with Crippen LogP contribution in [0, 0.1) is 0 Å². The zero-order valence-electron chi connectivity index (χ0n) is 13.0. The van der Waals surface area contributed by atoms with Gasteiger partial charge in [0.05, 0.1) is 13.1 Å². The Morgan fingerprint density at radius 3 is 1.75 bits per heavy atom. The monoisotopic (exact) mass is 327 g/mol. The van der Waals surface area contributed by atoms with Crippen molar-refractivity contribution in [2.45, 2.75) is 0 Å². The van der Waals surface area contributed by atoms with Crippen molar-refractivity contribution in [2.75, 3.05) is 26.3 Å². The Morgan fingerprint density at radius 1 is 0.750 bits per heavy atom. The number of rotatable bonds is 0. The topological polar surface area (TPSA) is 89.5 Å². The molecule has 2 bridgehead atoms. The second-order valence-electron chi connectivity index (χ2n) is 5.06. The van der Waals surface area contributed by atoms with E-state index in [1.807, 2.05) is 12.1 Å². The summed E-state index contributed by atoms with van der Waals surface area (Å²) in [6.45, 7) is 1.21. The Hall–Kier alpha value is -3.09. The van der Waals surface area contributed by atoms with Gasteiger partial charge >= 0.3 is 0 Å². The SMILES string of the molecule is O=C1NCCOc2ccccc2OCCNC(=O)c2cccc1n2. The minimum absolute atomic E-state index is 0.189. The van der Waals surface area contributed by atoms with E-state index in [2.05, 4.69) is 15.6 Å². The number of aromatic nitrogens is 1. The molecule has 1 aliphatic rings. The maximum atomic E-state index is 12.1. The zero-order chi connectivity index (χ0) is 16.8. The fourth-order valence-corrected chi connectivity index (χ4v) is 2.21. The predicted molar refractivity (Wildman–Crippen MR) is 86.3 cm³/mol. The molecule has 7 heteroatoms. The average Bonchev–Trinajstić information content (AvgIpc) is 2.62. The van der Waals surface area contributed by atoms with E-state index in [9.17, 15) is 9.59 Å². The number of fused-ring (bicyclic) bond motifs is 3. The van der Waals surface area contributed by atoms with Gasteiger partial charge in [0.2, 0.25) is 0 Å². The van der Waals surface area contributed by atoms with E-state index in [0.717, 1.165) is 0 Å². The fraction of sp³-hybridized carbons (Fsp3) is 0.235. The highest BCUT2D eigenvalue weighted by Gasteiger charge is 2.13. The summed E-state index contributed by atoms with van der Waals surface area (Å²) >= 11 is 0. The normalized spacial score (nSPS) is 15.5. The van der Waals surface area contributed by atoms with Crippen LogP contribution in [0.3, 0.4) is 0 Å². The number of hydrogen-bond donors (Lipinski definition) is 2. The summed E-state index contributed by atoms with van der Waals surface area (Å²) in [5.74, 6) is 0.471. The first-order chi connectivity index (χ1) is 11.7. The third-order valence-electron chi connectivity index (χ3n) is 3.35. The van der Waals surface area contributed by atoms with Gasteiger partial charge in [0.25, 0.3) is 11.8 Å². The molecule has 24 heavy (non-hydrogen) atoms. The first-order valence-electron chi connectivity index (χ1n) is 7.62. The lowest BCUT2D eigenvalue weighted by Crippen LogP contribution is -2.31. The molecule has 0 spiro atoms. The molecule has 0 unspecified atom stereocenters. The van der Waals surface area contributed by atoms with Crippen LogP contribution in [-0.2, 0) is 0 Å². The molecular formula is C17H17N3O4. The minimum atomic E-state index is -0.354. The lowest BCUT2D eigenvalue weighted by atomic mass is 10.2. The molecule has 2 amide bonds. The first-order valence-corrected chi connectivity index (χ1v) is 7.62. The van der Waals surface area contributed by atoms with Crippen molar-refractivity contribution < 1.29 is 19.1 Å². The van der Waals surface area contributed by atoms with E-state index in [4.69, 9.17) is 9.47 Å². The molecule has 0 saturated carbocycles. The van der Waals surface area contributed by atoms with E-state index in [0.29, 0.717) is 37.8 Å². The molecule has 2 heterocycles. The molecule has 0 aliphatic carbocycles. The van der Waals surface area contributed by atoms with Gasteiger partial charge in [-0.05, 0) is 24.3 Å². The molecular weight excluding hydrogens is 310 g/mol. The molecule has 7 nitrogen and oxygen atoms in total. The van der Waals surface area contributed by atoms with Gasteiger partial charge in [-0.1, -0.05) is 18.2 Å². The number of ether oxygens (including phenoxy) is 2. The summed E-state index contributed by atoms with van der Waals surface area (Å²) in [5.41, 5.74) is 0.378. The Balaban J connectivity index is 1.79. The van der Waals surface area contributed by atoms with Crippen LogP contribution < -0.4 is 20.1 Å². The molecule has 1 aliphatic heterocycles. The second kappa shape index (κ2) is 7.45. The Morgan fingerprint density at radius 2 is 1.25 bits per heavy atom. The standard InChI is InChI=1S/C17H17N3O4/c21-16-12-4-3-5-13(20-12)17(22)19-9-11-24-15-7-2-1-6-14(15)23-10-8-18-16/h1-7H,8-11H2,(H,18,21)(H,19,22). The molecule has 2 aromatic rings. The van der Waals surface area contributed by atoms with Gasteiger partial charge in [0, 0.05) is 0 Å². The highest BCUT2D eigenvalue weighted by molar-refractivity contribution is 5.96. The van der Waals surface area contributed by atoms with Crippen LogP contribution in [0.15, 0.2) is 42.5 Å². The molecule has 1 aromatic carbocycles. The maximum absolute atomic E-state index is 12.1. The number of amides is 2. The third kappa shape index (κ3) is 3.81. The van der Waals surface area contributed by atoms with Crippen molar-refractivity contribution in [1.82, 2.24) is 15.6 Å². The Labute approximate surface area is 139 Å². The number of para-hydroxylation sites is 2. The summed E-state index contributed by atoms with van der Waals surface area (Å²) in [6.07, 6.45) is 0. The number of carbonyl (C=O) groups is 2. The summed E-state index contributed by atoms with van der Waals surface area (Å²) in [6, 6.07) is 12.0. The smallest absolute Gasteiger partial charge is 0.270 e. The highest BCUT2D eigenvalue weighted by atomic mass is 16.5. The van der Waals surface area contributed by atoms with Gasteiger partial charge in [-0.25, -0.2) is 4.98 Å². The molecule has 2 N–H and O–H groups in total. The van der Waals surface area contributed by atoms with Crippen molar-refractivity contribution in [2.24, 2.45) is 0 Å². The molecule has 0 fully saturated rings. The maximum Gasteiger partial charge on any atom is 0.270 e. The van der Waals surface area contributed by atoms with Crippen LogP contribution >= 0.6 is 0 Å². The number of nitrogens with one attached hydrogen (secondary N) is 2. The van der Waals surface area contributed by atoms with E-state index in [-0.39, 0.29) is 23.2 Å². The zero-order valence-corrected chi connectivity index (χ0v) is 13.0. The second-order valence-corrected chi connectivity index (χ2v) is 5.06.